The van der Waals surface area contributed by atoms with Crippen molar-refractivity contribution in [3.63, 3.8) is 0 Å². The molecule has 1 atom stereocenters. The van der Waals surface area contributed by atoms with Crippen molar-refractivity contribution in [3.05, 3.63) is 75.9 Å². The lowest BCUT2D eigenvalue weighted by atomic mass is 10.00. The summed E-state index contributed by atoms with van der Waals surface area (Å²) in [6, 6.07) is 16.6. The number of hydrogen-bond acceptors (Lipinski definition) is 5. The molecule has 0 radical (unpaired) electrons. The van der Waals surface area contributed by atoms with Gasteiger partial charge in [-0.3, -0.25) is 9.89 Å². The summed E-state index contributed by atoms with van der Waals surface area (Å²) in [6.45, 7) is 3.90. The van der Waals surface area contributed by atoms with Crippen LogP contribution < -0.4 is 5.32 Å². The number of pyridine rings is 1. The zero-order valence-electron chi connectivity index (χ0n) is 17.5. The molecule has 1 aliphatic heterocycles. The Kier molecular flexibility index (Phi) is 5.40. The van der Waals surface area contributed by atoms with Gasteiger partial charge < -0.3 is 15.3 Å². The maximum Gasteiger partial charge on any atom is 0.255 e. The van der Waals surface area contributed by atoms with Crippen LogP contribution in [0.2, 0.25) is 0 Å². The van der Waals surface area contributed by atoms with Crippen LogP contribution in [0.5, 0.6) is 5.75 Å². The quantitative estimate of drug-likeness (QED) is 0.399. The second-order valence-electron chi connectivity index (χ2n) is 7.91. The molecule has 1 amide bonds. The average Bonchev–Trinajstić information content (AvgIpc) is 3.19. The maximum absolute atomic E-state index is 13.9. The zero-order chi connectivity index (χ0) is 22.2. The molecular weight excluding hydrogens is 470 g/mol. The standard InChI is InChI=1S/C24H22BrN5O2/c1-14-22-19(12-20(27-23(22)29-28-14)15-5-7-18(31)8-6-15)24(32)30-10-9-26-13-21(30)16-3-2-4-17(25)11-16/h2-8,11-12,21,26,31H,9-10,13H2,1H3,(H,27,28,29). The van der Waals surface area contributed by atoms with E-state index in [-0.39, 0.29) is 17.7 Å². The van der Waals surface area contributed by atoms with E-state index in [4.69, 9.17) is 0 Å². The van der Waals surface area contributed by atoms with Gasteiger partial charge in [0.2, 0.25) is 0 Å². The molecule has 3 N–H and O–H groups in total. The van der Waals surface area contributed by atoms with Gasteiger partial charge in [0.15, 0.2) is 5.65 Å². The summed E-state index contributed by atoms with van der Waals surface area (Å²) in [5.74, 6) is 0.134. The van der Waals surface area contributed by atoms with Gasteiger partial charge in [0.25, 0.3) is 5.91 Å². The van der Waals surface area contributed by atoms with Gasteiger partial charge in [0.1, 0.15) is 5.75 Å². The van der Waals surface area contributed by atoms with E-state index >= 15 is 0 Å². The third-order valence-corrected chi connectivity index (χ3v) is 6.34. The van der Waals surface area contributed by atoms with E-state index in [0.717, 1.165) is 33.2 Å². The van der Waals surface area contributed by atoms with Crippen molar-refractivity contribution in [3.8, 4) is 17.0 Å². The van der Waals surface area contributed by atoms with Crippen molar-refractivity contribution < 1.29 is 9.90 Å². The number of aromatic amines is 1. The molecule has 8 heteroatoms. The Morgan fingerprint density at radius 3 is 2.78 bits per heavy atom. The van der Waals surface area contributed by atoms with Gasteiger partial charge in [-0.05, 0) is 55.0 Å². The number of fused-ring (bicyclic) bond motifs is 1. The molecule has 4 aromatic rings. The number of nitrogens with one attached hydrogen (secondary N) is 2. The number of amides is 1. The van der Waals surface area contributed by atoms with E-state index in [1.54, 1.807) is 24.3 Å². The molecule has 162 valence electrons. The smallest absolute Gasteiger partial charge is 0.255 e. The van der Waals surface area contributed by atoms with E-state index in [1.807, 2.05) is 30.0 Å². The number of halogens is 1. The first-order chi connectivity index (χ1) is 15.5. The third kappa shape index (κ3) is 3.76. The van der Waals surface area contributed by atoms with Crippen molar-refractivity contribution in [2.45, 2.75) is 13.0 Å². The van der Waals surface area contributed by atoms with E-state index in [2.05, 4.69) is 48.6 Å². The zero-order valence-corrected chi connectivity index (χ0v) is 19.1. The van der Waals surface area contributed by atoms with Gasteiger partial charge >= 0.3 is 0 Å². The van der Waals surface area contributed by atoms with Crippen LogP contribution in [-0.2, 0) is 0 Å². The highest BCUT2D eigenvalue weighted by Crippen LogP contribution is 2.31. The first-order valence-corrected chi connectivity index (χ1v) is 11.2. The molecule has 3 heterocycles. The summed E-state index contributed by atoms with van der Waals surface area (Å²) >= 11 is 3.55. The first-order valence-electron chi connectivity index (χ1n) is 10.4. The van der Waals surface area contributed by atoms with Crippen LogP contribution in [0.4, 0.5) is 0 Å². The van der Waals surface area contributed by atoms with Gasteiger partial charge in [-0.2, -0.15) is 5.10 Å². The summed E-state index contributed by atoms with van der Waals surface area (Å²) in [7, 11) is 0. The van der Waals surface area contributed by atoms with Crippen LogP contribution >= 0.6 is 15.9 Å². The predicted molar refractivity (Wildman–Crippen MR) is 127 cm³/mol. The van der Waals surface area contributed by atoms with Gasteiger partial charge in [-0.1, -0.05) is 28.1 Å². The molecular formula is C24H22BrN5O2. The number of hydrogen-bond donors (Lipinski definition) is 3. The highest BCUT2D eigenvalue weighted by Gasteiger charge is 2.31. The molecule has 1 unspecified atom stereocenters. The molecule has 1 aliphatic rings. The monoisotopic (exact) mass is 491 g/mol. The number of aromatic nitrogens is 3. The predicted octanol–water partition coefficient (Wildman–Crippen LogP) is 4.19. The van der Waals surface area contributed by atoms with Crippen molar-refractivity contribution >= 4 is 32.9 Å². The summed E-state index contributed by atoms with van der Waals surface area (Å²) in [4.78, 5) is 20.6. The normalized spacial score (nSPS) is 16.4. The molecule has 2 aromatic heterocycles. The molecule has 1 fully saturated rings. The van der Waals surface area contributed by atoms with Crippen molar-refractivity contribution in [1.82, 2.24) is 25.4 Å². The SMILES string of the molecule is Cc1n[nH]c2nc(-c3ccc(O)cc3)cc(C(=O)N3CCNCC3c3cccc(Br)c3)c12. The van der Waals surface area contributed by atoms with Crippen LogP contribution in [-0.4, -0.2) is 50.7 Å². The summed E-state index contributed by atoms with van der Waals surface area (Å²) in [5, 5.41) is 21.1. The number of aryl methyl sites for hydroxylation is 1. The van der Waals surface area contributed by atoms with Gasteiger partial charge in [-0.25, -0.2) is 4.98 Å². The van der Waals surface area contributed by atoms with E-state index in [0.29, 0.717) is 30.0 Å². The van der Waals surface area contributed by atoms with Crippen LogP contribution in [0.1, 0.15) is 27.7 Å². The van der Waals surface area contributed by atoms with Crippen LogP contribution in [0.25, 0.3) is 22.3 Å². The minimum absolute atomic E-state index is 0.0478. The molecule has 32 heavy (non-hydrogen) atoms. The Morgan fingerprint density at radius 2 is 2.00 bits per heavy atom. The van der Waals surface area contributed by atoms with Crippen LogP contribution in [0, 0.1) is 6.92 Å². The molecule has 5 rings (SSSR count). The highest BCUT2D eigenvalue weighted by molar-refractivity contribution is 9.10. The van der Waals surface area contributed by atoms with Crippen molar-refractivity contribution in [2.24, 2.45) is 0 Å². The summed E-state index contributed by atoms with van der Waals surface area (Å²) in [6.07, 6.45) is 0. The molecule has 0 bridgehead atoms. The lowest BCUT2D eigenvalue weighted by molar-refractivity contribution is 0.0636. The third-order valence-electron chi connectivity index (χ3n) is 5.84. The number of piperazine rings is 1. The molecule has 1 saturated heterocycles. The van der Waals surface area contributed by atoms with Crippen LogP contribution in [0.15, 0.2) is 59.1 Å². The van der Waals surface area contributed by atoms with Crippen molar-refractivity contribution in [2.75, 3.05) is 19.6 Å². The average molecular weight is 492 g/mol. The fourth-order valence-corrected chi connectivity index (χ4v) is 4.66. The minimum Gasteiger partial charge on any atom is -0.508 e. The van der Waals surface area contributed by atoms with Gasteiger partial charge in [0.05, 0.1) is 28.4 Å². The lowest BCUT2D eigenvalue weighted by Crippen LogP contribution is -2.48. The number of carbonyl (C=O) groups excluding carboxylic acids is 1. The van der Waals surface area contributed by atoms with E-state index < -0.39 is 0 Å². The molecule has 2 aromatic carbocycles. The van der Waals surface area contributed by atoms with E-state index in [1.165, 1.54) is 0 Å². The van der Waals surface area contributed by atoms with Gasteiger partial charge in [0, 0.05) is 29.7 Å². The fraction of sp³-hybridized carbons (Fsp3) is 0.208. The van der Waals surface area contributed by atoms with E-state index in [9.17, 15) is 9.90 Å². The first kappa shape index (κ1) is 20.7. The second kappa shape index (κ2) is 8.37. The van der Waals surface area contributed by atoms with Crippen LogP contribution in [0.3, 0.4) is 0 Å². The largest absolute Gasteiger partial charge is 0.508 e. The Morgan fingerprint density at radius 1 is 1.19 bits per heavy atom. The number of H-pyrrole nitrogens is 1. The summed E-state index contributed by atoms with van der Waals surface area (Å²) < 4.78 is 0.986. The topological polar surface area (TPSA) is 94.1 Å². The van der Waals surface area contributed by atoms with Crippen molar-refractivity contribution in [1.29, 1.82) is 0 Å². The number of nitrogens with zero attached hydrogens (tertiary/aromatic N) is 3. The number of phenols is 1. The number of rotatable bonds is 3. The highest BCUT2D eigenvalue weighted by atomic mass is 79.9. The number of aromatic hydroxyl groups is 1. The fourth-order valence-electron chi connectivity index (χ4n) is 4.25. The molecule has 0 saturated carbocycles. The Labute approximate surface area is 193 Å². The minimum atomic E-state index is -0.0821. The van der Waals surface area contributed by atoms with Gasteiger partial charge in [-0.15, -0.1) is 0 Å². The Bertz CT molecular complexity index is 1300. The second-order valence-corrected chi connectivity index (χ2v) is 8.82. The molecule has 0 spiro atoms. The lowest BCUT2D eigenvalue weighted by Gasteiger charge is -2.37. The number of benzene rings is 2. The Hall–Kier alpha value is -3.23. The number of carbonyl (C=O) groups is 1. The number of phenolic OH excluding ortho intramolecular Hbond substituents is 1. The molecule has 0 aliphatic carbocycles. The molecule has 7 nitrogen and oxygen atoms in total. The summed E-state index contributed by atoms with van der Waals surface area (Å²) in [5.41, 5.74) is 4.43. The Balaban J connectivity index is 1.61. The maximum atomic E-state index is 13.9.